The molecule has 25 heavy (non-hydrogen) atoms. The van der Waals surface area contributed by atoms with Crippen molar-refractivity contribution in [1.82, 2.24) is 0 Å². The molecule has 0 fully saturated rings. The van der Waals surface area contributed by atoms with Gasteiger partial charge in [-0.25, -0.2) is 4.57 Å². The highest BCUT2D eigenvalue weighted by Crippen LogP contribution is 2.18. The highest BCUT2D eigenvalue weighted by Gasteiger charge is 2.07. The summed E-state index contributed by atoms with van der Waals surface area (Å²) in [5.74, 6) is -0.188. The van der Waals surface area contributed by atoms with E-state index in [-0.39, 0.29) is 5.91 Å². The maximum Gasteiger partial charge on any atom is 0.240 e. The highest BCUT2D eigenvalue weighted by atomic mass is 16.2. The fourth-order valence-corrected chi connectivity index (χ4v) is 2.65. The summed E-state index contributed by atoms with van der Waals surface area (Å²) in [5, 5.41) is 3.99. The van der Waals surface area contributed by atoms with Gasteiger partial charge < -0.3 is 11.1 Å². The van der Waals surface area contributed by atoms with Crippen LogP contribution >= 0.6 is 0 Å². The van der Waals surface area contributed by atoms with Crippen molar-refractivity contribution in [2.24, 2.45) is 12.8 Å². The number of para-hydroxylation sites is 1. The number of pyridine rings is 1. The molecular weight excluding hydrogens is 310 g/mol. The average Bonchev–Trinajstić information content (AvgIpc) is 2.62. The summed E-state index contributed by atoms with van der Waals surface area (Å²) in [4.78, 5) is 11.6. The van der Waals surface area contributed by atoms with E-state index in [1.54, 1.807) is 6.92 Å². The minimum atomic E-state index is -0.521. The summed E-state index contributed by atoms with van der Waals surface area (Å²) in [6.45, 7) is 1.66. The average molecular weight is 332 g/mol. The van der Waals surface area contributed by atoms with Crippen molar-refractivity contribution < 1.29 is 9.36 Å². The van der Waals surface area contributed by atoms with Gasteiger partial charge in [0.15, 0.2) is 6.20 Å². The van der Waals surface area contributed by atoms with E-state index in [0.717, 1.165) is 11.3 Å². The van der Waals surface area contributed by atoms with Gasteiger partial charge in [0.2, 0.25) is 11.4 Å². The number of carbonyl (C=O) groups is 1. The predicted octanol–water partition coefficient (Wildman–Crippen LogP) is 3.12. The molecule has 3 rings (SSSR count). The number of aryl methyl sites for hydroxylation is 1. The molecule has 2 aromatic carbocycles. The van der Waals surface area contributed by atoms with Crippen LogP contribution in [-0.2, 0) is 11.8 Å². The van der Waals surface area contributed by atoms with Crippen LogP contribution in [0.25, 0.3) is 23.1 Å². The number of hydrogen-bond acceptors (Lipinski definition) is 2. The number of rotatable bonds is 4. The summed E-state index contributed by atoms with van der Waals surface area (Å²) >= 11 is 0. The molecule has 0 saturated carbocycles. The van der Waals surface area contributed by atoms with Crippen LogP contribution in [0.1, 0.15) is 18.1 Å². The number of carbonyl (C=O) groups excluding carboxylic acids is 1. The first-order valence-corrected chi connectivity index (χ1v) is 8.26. The van der Waals surface area contributed by atoms with Gasteiger partial charge >= 0.3 is 0 Å². The van der Waals surface area contributed by atoms with E-state index < -0.39 is 6.04 Å². The van der Waals surface area contributed by atoms with Crippen molar-refractivity contribution in [3.05, 3.63) is 71.9 Å². The standard InChI is InChI=1S/C21H21N3O/c1-15(22)21(25)23-18-11-8-16(9-12-18)7-10-17-13-14-24(2)20-6-4-3-5-19(17)20/h3-15H,22H2,1-2H3/p+1/t15-/m0/s1. The minimum Gasteiger partial charge on any atom is -0.325 e. The van der Waals surface area contributed by atoms with E-state index in [1.807, 2.05) is 37.4 Å². The number of nitrogens with two attached hydrogens (primary N) is 1. The number of hydrogen-bond donors (Lipinski definition) is 2. The molecule has 0 aliphatic heterocycles. The predicted molar refractivity (Wildman–Crippen MR) is 103 cm³/mol. The van der Waals surface area contributed by atoms with Gasteiger partial charge in [0.05, 0.1) is 11.4 Å². The molecule has 0 radical (unpaired) electrons. The maximum atomic E-state index is 11.6. The maximum absolute atomic E-state index is 11.6. The number of benzene rings is 2. The zero-order chi connectivity index (χ0) is 17.8. The molecule has 3 aromatic rings. The molecule has 1 atom stereocenters. The lowest BCUT2D eigenvalue weighted by Gasteiger charge is -2.07. The molecule has 0 unspecified atom stereocenters. The van der Waals surface area contributed by atoms with Crippen LogP contribution in [0.2, 0.25) is 0 Å². The highest BCUT2D eigenvalue weighted by molar-refractivity contribution is 5.94. The molecule has 126 valence electrons. The van der Waals surface area contributed by atoms with E-state index in [2.05, 4.69) is 52.5 Å². The smallest absolute Gasteiger partial charge is 0.240 e. The van der Waals surface area contributed by atoms with E-state index in [9.17, 15) is 4.79 Å². The SMILES string of the molecule is C[C@H](N)C(=O)Nc1ccc(C=Cc2cc[n+](C)c3ccccc23)cc1. The van der Waals surface area contributed by atoms with Crippen LogP contribution in [0.15, 0.2) is 60.8 Å². The summed E-state index contributed by atoms with van der Waals surface area (Å²) in [5.41, 5.74) is 9.73. The molecule has 1 aromatic heterocycles. The number of anilines is 1. The van der Waals surface area contributed by atoms with E-state index in [0.29, 0.717) is 0 Å². The van der Waals surface area contributed by atoms with Crippen molar-refractivity contribution >= 4 is 34.6 Å². The summed E-state index contributed by atoms with van der Waals surface area (Å²) in [6.07, 6.45) is 6.24. The lowest BCUT2D eigenvalue weighted by Crippen LogP contribution is -2.32. The Labute approximate surface area is 147 Å². The van der Waals surface area contributed by atoms with E-state index >= 15 is 0 Å². The molecule has 4 heteroatoms. The number of aromatic nitrogens is 1. The second-order valence-electron chi connectivity index (χ2n) is 6.13. The lowest BCUT2D eigenvalue weighted by atomic mass is 10.1. The Hall–Kier alpha value is -2.98. The fraction of sp³-hybridized carbons (Fsp3) is 0.143. The molecular formula is C21H22N3O+. The summed E-state index contributed by atoms with van der Waals surface area (Å²) in [7, 11) is 2.05. The van der Waals surface area contributed by atoms with Gasteiger partial charge in [-0.1, -0.05) is 36.4 Å². The Bertz CT molecular complexity index is 928. The van der Waals surface area contributed by atoms with Gasteiger partial charge in [0.25, 0.3) is 0 Å². The van der Waals surface area contributed by atoms with Crippen molar-refractivity contribution in [2.75, 3.05) is 5.32 Å². The van der Waals surface area contributed by atoms with Gasteiger partial charge in [0, 0.05) is 17.8 Å². The summed E-state index contributed by atoms with van der Waals surface area (Å²) < 4.78 is 2.11. The summed E-state index contributed by atoms with van der Waals surface area (Å²) in [6, 6.07) is 17.6. The fourth-order valence-electron chi connectivity index (χ4n) is 2.65. The van der Waals surface area contributed by atoms with Gasteiger partial charge in [-0.05, 0) is 36.2 Å². The second kappa shape index (κ2) is 7.28. The first-order chi connectivity index (χ1) is 12.0. The molecule has 1 heterocycles. The van der Waals surface area contributed by atoms with Gasteiger partial charge in [-0.15, -0.1) is 0 Å². The van der Waals surface area contributed by atoms with Gasteiger partial charge in [-0.3, -0.25) is 4.79 Å². The monoisotopic (exact) mass is 332 g/mol. The van der Waals surface area contributed by atoms with Crippen LogP contribution in [-0.4, -0.2) is 11.9 Å². The third-order valence-corrected chi connectivity index (χ3v) is 4.12. The molecule has 0 saturated heterocycles. The third-order valence-electron chi connectivity index (χ3n) is 4.12. The van der Waals surface area contributed by atoms with Crippen molar-refractivity contribution in [3.8, 4) is 0 Å². The molecule has 0 aliphatic carbocycles. The lowest BCUT2D eigenvalue weighted by molar-refractivity contribution is -0.644. The van der Waals surface area contributed by atoms with Gasteiger partial charge in [0.1, 0.15) is 7.05 Å². The Kier molecular flexibility index (Phi) is 4.91. The molecule has 0 bridgehead atoms. The molecule has 3 N–H and O–H groups in total. The first-order valence-electron chi connectivity index (χ1n) is 8.26. The number of nitrogens with zero attached hydrogens (tertiary/aromatic N) is 1. The van der Waals surface area contributed by atoms with Crippen molar-refractivity contribution in [3.63, 3.8) is 0 Å². The van der Waals surface area contributed by atoms with Crippen LogP contribution < -0.4 is 15.6 Å². The molecule has 1 amide bonds. The van der Waals surface area contributed by atoms with Crippen LogP contribution in [0.4, 0.5) is 5.69 Å². The Morgan fingerprint density at radius 2 is 1.80 bits per heavy atom. The number of amides is 1. The first kappa shape index (κ1) is 16.9. The number of nitrogens with one attached hydrogen (secondary N) is 1. The van der Waals surface area contributed by atoms with Crippen LogP contribution in [0.5, 0.6) is 0 Å². The van der Waals surface area contributed by atoms with Crippen LogP contribution in [0.3, 0.4) is 0 Å². The second-order valence-corrected chi connectivity index (χ2v) is 6.13. The van der Waals surface area contributed by atoms with E-state index in [4.69, 9.17) is 5.73 Å². The quantitative estimate of drug-likeness (QED) is 0.721. The molecule has 0 spiro atoms. The third kappa shape index (κ3) is 3.92. The largest absolute Gasteiger partial charge is 0.325 e. The Morgan fingerprint density at radius 1 is 1.08 bits per heavy atom. The molecule has 4 nitrogen and oxygen atoms in total. The topological polar surface area (TPSA) is 59.0 Å². The Balaban J connectivity index is 1.81. The molecule has 0 aliphatic rings. The zero-order valence-corrected chi connectivity index (χ0v) is 14.4. The Morgan fingerprint density at radius 3 is 2.52 bits per heavy atom. The van der Waals surface area contributed by atoms with Crippen molar-refractivity contribution in [2.45, 2.75) is 13.0 Å². The van der Waals surface area contributed by atoms with E-state index in [1.165, 1.54) is 16.5 Å². The number of fused-ring (bicyclic) bond motifs is 1. The van der Waals surface area contributed by atoms with Crippen molar-refractivity contribution in [1.29, 1.82) is 0 Å². The minimum absolute atomic E-state index is 0.188. The van der Waals surface area contributed by atoms with Crippen LogP contribution in [0, 0.1) is 0 Å². The zero-order valence-electron chi connectivity index (χ0n) is 14.4. The normalized spacial score (nSPS) is 12.4. The van der Waals surface area contributed by atoms with Gasteiger partial charge in [-0.2, -0.15) is 0 Å².